The fourth-order valence-electron chi connectivity index (χ4n) is 4.92. The number of guanidine groups is 1. The molecule has 3 fully saturated rings. The maximum atomic E-state index is 12.8. The number of aliphatic imine (C=N–C) groups is 1. The molecule has 2 aliphatic heterocycles. The molecule has 1 aliphatic carbocycles. The first-order valence-electron chi connectivity index (χ1n) is 11.8. The van der Waals surface area contributed by atoms with Crippen LogP contribution in [0.15, 0.2) is 4.99 Å². The fourth-order valence-corrected chi connectivity index (χ4v) is 4.92. The number of rotatable bonds is 6. The number of carbonyl (C=O) groups excluding carboxylic acids is 1. The van der Waals surface area contributed by atoms with Gasteiger partial charge in [0.25, 0.3) is 0 Å². The van der Waals surface area contributed by atoms with E-state index in [9.17, 15) is 4.79 Å². The van der Waals surface area contributed by atoms with Gasteiger partial charge in [0, 0.05) is 50.2 Å². The van der Waals surface area contributed by atoms with Gasteiger partial charge in [-0.05, 0) is 40.0 Å². The summed E-state index contributed by atoms with van der Waals surface area (Å²) in [6, 6.07) is 1.12. The quantitative estimate of drug-likeness (QED) is 0.519. The van der Waals surface area contributed by atoms with E-state index in [1.54, 1.807) is 0 Å². The van der Waals surface area contributed by atoms with Crippen LogP contribution in [0.5, 0.6) is 0 Å². The predicted octanol–water partition coefficient (Wildman–Crippen LogP) is 1.83. The molecule has 1 saturated carbocycles. The first-order valence-corrected chi connectivity index (χ1v) is 11.8. The minimum absolute atomic E-state index is 0.265. The molecule has 2 saturated heterocycles. The minimum Gasteiger partial charge on any atom is -0.379 e. The van der Waals surface area contributed by atoms with Crippen LogP contribution in [0.1, 0.15) is 59.3 Å². The maximum absolute atomic E-state index is 12.8. The van der Waals surface area contributed by atoms with Gasteiger partial charge >= 0.3 is 0 Å². The van der Waals surface area contributed by atoms with Gasteiger partial charge in [-0.2, -0.15) is 0 Å². The van der Waals surface area contributed by atoms with Gasteiger partial charge in [0.05, 0.1) is 19.8 Å². The smallest absolute Gasteiger partial charge is 0.225 e. The van der Waals surface area contributed by atoms with Gasteiger partial charge in [-0.25, -0.2) is 0 Å². The number of morpholine rings is 1. The monoisotopic (exact) mass is 407 g/mol. The Morgan fingerprint density at radius 1 is 1.21 bits per heavy atom. The van der Waals surface area contributed by atoms with Crippen molar-refractivity contribution in [1.29, 1.82) is 0 Å². The van der Waals surface area contributed by atoms with Crippen LogP contribution in [0.3, 0.4) is 0 Å². The van der Waals surface area contributed by atoms with E-state index >= 15 is 0 Å². The van der Waals surface area contributed by atoms with E-state index < -0.39 is 0 Å². The molecular formula is C22H41N5O2. The van der Waals surface area contributed by atoms with E-state index in [4.69, 9.17) is 9.73 Å². The van der Waals surface area contributed by atoms with Gasteiger partial charge in [-0.3, -0.25) is 14.7 Å². The highest BCUT2D eigenvalue weighted by Gasteiger charge is 2.32. The van der Waals surface area contributed by atoms with Crippen LogP contribution in [0.25, 0.3) is 0 Å². The van der Waals surface area contributed by atoms with Gasteiger partial charge in [-0.1, -0.05) is 19.3 Å². The second kappa shape index (κ2) is 11.2. The highest BCUT2D eigenvalue weighted by atomic mass is 16.5. The molecule has 0 bridgehead atoms. The Labute approximate surface area is 176 Å². The minimum atomic E-state index is 0.265. The van der Waals surface area contributed by atoms with Crippen LogP contribution in [-0.4, -0.2) is 85.7 Å². The third kappa shape index (κ3) is 6.32. The molecule has 3 aliphatic rings. The lowest BCUT2D eigenvalue weighted by atomic mass is 9.88. The SMILES string of the molecule is CCNC(=NCC(C)N1CCOCC1C)NC1CCN(C(=O)C2CCCCC2)C1. The number of hydrogen-bond donors (Lipinski definition) is 2. The molecule has 3 unspecified atom stereocenters. The van der Waals surface area contributed by atoms with Gasteiger partial charge < -0.3 is 20.3 Å². The molecule has 7 nitrogen and oxygen atoms in total. The van der Waals surface area contributed by atoms with Crippen LogP contribution in [0, 0.1) is 5.92 Å². The van der Waals surface area contributed by atoms with Crippen molar-refractivity contribution in [2.24, 2.45) is 10.9 Å². The normalized spacial score (nSPS) is 28.4. The van der Waals surface area contributed by atoms with E-state index in [1.807, 2.05) is 0 Å². The Bertz CT molecular complexity index is 549. The van der Waals surface area contributed by atoms with Crippen LogP contribution >= 0.6 is 0 Å². The second-order valence-electron chi connectivity index (χ2n) is 8.98. The molecule has 0 radical (unpaired) electrons. The van der Waals surface area contributed by atoms with Crippen molar-refractivity contribution in [2.75, 3.05) is 45.9 Å². The summed E-state index contributed by atoms with van der Waals surface area (Å²) in [5.41, 5.74) is 0. The summed E-state index contributed by atoms with van der Waals surface area (Å²) in [7, 11) is 0. The van der Waals surface area contributed by atoms with Crippen LogP contribution in [-0.2, 0) is 9.53 Å². The summed E-state index contributed by atoms with van der Waals surface area (Å²) in [5, 5.41) is 6.95. The largest absolute Gasteiger partial charge is 0.379 e. The molecule has 1 amide bonds. The Morgan fingerprint density at radius 3 is 2.72 bits per heavy atom. The number of hydrogen-bond acceptors (Lipinski definition) is 4. The average molecular weight is 408 g/mol. The lowest BCUT2D eigenvalue weighted by Crippen LogP contribution is -2.50. The summed E-state index contributed by atoms with van der Waals surface area (Å²) in [5.74, 6) is 1.52. The van der Waals surface area contributed by atoms with Crippen molar-refractivity contribution >= 4 is 11.9 Å². The summed E-state index contributed by atoms with van der Waals surface area (Å²) >= 11 is 0. The molecular weight excluding hydrogens is 366 g/mol. The lowest BCUT2D eigenvalue weighted by Gasteiger charge is -2.37. The molecule has 2 N–H and O–H groups in total. The van der Waals surface area contributed by atoms with E-state index in [0.717, 1.165) is 71.2 Å². The average Bonchev–Trinajstić information content (AvgIpc) is 3.21. The molecule has 3 atom stereocenters. The molecule has 29 heavy (non-hydrogen) atoms. The summed E-state index contributed by atoms with van der Waals surface area (Å²) in [6.45, 7) is 12.4. The first kappa shape index (κ1) is 22.3. The standard InChI is InChI=1S/C22H41N5O2/c1-4-23-22(24-14-17(2)27-12-13-29-16-18(27)3)25-20-10-11-26(15-20)21(28)19-8-6-5-7-9-19/h17-20H,4-16H2,1-3H3,(H2,23,24,25). The number of nitrogens with zero attached hydrogens (tertiary/aromatic N) is 3. The van der Waals surface area contributed by atoms with Gasteiger partial charge in [0.2, 0.25) is 5.91 Å². The fraction of sp³-hybridized carbons (Fsp3) is 0.909. The molecule has 3 rings (SSSR count). The molecule has 2 heterocycles. The molecule has 7 heteroatoms. The zero-order valence-corrected chi connectivity index (χ0v) is 18.7. The van der Waals surface area contributed by atoms with Crippen LogP contribution in [0.2, 0.25) is 0 Å². The lowest BCUT2D eigenvalue weighted by molar-refractivity contribution is -0.135. The molecule has 0 aromatic carbocycles. The number of likely N-dealkylation sites (tertiary alicyclic amines) is 1. The Hall–Kier alpha value is -1.34. The van der Waals surface area contributed by atoms with Gasteiger partial charge in [0.1, 0.15) is 0 Å². The number of nitrogens with one attached hydrogen (secondary N) is 2. The number of ether oxygens (including phenoxy) is 1. The van der Waals surface area contributed by atoms with Crippen molar-refractivity contribution in [3.8, 4) is 0 Å². The highest BCUT2D eigenvalue weighted by molar-refractivity contribution is 5.81. The third-order valence-corrected chi connectivity index (χ3v) is 6.64. The third-order valence-electron chi connectivity index (χ3n) is 6.64. The van der Waals surface area contributed by atoms with E-state index in [1.165, 1.54) is 19.3 Å². The zero-order valence-electron chi connectivity index (χ0n) is 18.7. The van der Waals surface area contributed by atoms with Crippen molar-refractivity contribution in [1.82, 2.24) is 20.4 Å². The first-order chi connectivity index (χ1) is 14.1. The molecule has 0 aromatic rings. The summed E-state index contributed by atoms with van der Waals surface area (Å²) in [4.78, 5) is 22.2. The Kier molecular flexibility index (Phi) is 8.60. The molecule has 0 aromatic heterocycles. The Balaban J connectivity index is 1.49. The summed E-state index contributed by atoms with van der Waals surface area (Å²) < 4.78 is 5.55. The van der Waals surface area contributed by atoms with E-state index in [0.29, 0.717) is 18.0 Å². The summed E-state index contributed by atoms with van der Waals surface area (Å²) in [6.07, 6.45) is 6.87. The van der Waals surface area contributed by atoms with Crippen LogP contribution < -0.4 is 10.6 Å². The number of amides is 1. The predicted molar refractivity (Wildman–Crippen MR) is 117 cm³/mol. The van der Waals surface area contributed by atoms with Crippen LogP contribution in [0.4, 0.5) is 0 Å². The van der Waals surface area contributed by atoms with Crippen molar-refractivity contribution < 1.29 is 9.53 Å². The second-order valence-corrected chi connectivity index (χ2v) is 8.98. The van der Waals surface area contributed by atoms with Gasteiger partial charge in [0.15, 0.2) is 5.96 Å². The van der Waals surface area contributed by atoms with Gasteiger partial charge in [-0.15, -0.1) is 0 Å². The van der Waals surface area contributed by atoms with Crippen molar-refractivity contribution in [3.05, 3.63) is 0 Å². The molecule has 166 valence electrons. The molecule has 0 spiro atoms. The number of carbonyl (C=O) groups is 1. The zero-order chi connectivity index (χ0) is 20.6. The van der Waals surface area contributed by atoms with E-state index in [2.05, 4.69) is 41.2 Å². The van der Waals surface area contributed by atoms with Crippen molar-refractivity contribution in [3.63, 3.8) is 0 Å². The highest BCUT2D eigenvalue weighted by Crippen LogP contribution is 2.26. The Morgan fingerprint density at radius 2 is 2.00 bits per heavy atom. The van der Waals surface area contributed by atoms with E-state index in [-0.39, 0.29) is 12.0 Å². The topological polar surface area (TPSA) is 69.2 Å². The van der Waals surface area contributed by atoms with Crippen molar-refractivity contribution in [2.45, 2.75) is 77.4 Å². The maximum Gasteiger partial charge on any atom is 0.225 e.